The minimum absolute atomic E-state index is 0.540. The molecule has 106 valence electrons. The van der Waals surface area contributed by atoms with Crippen molar-refractivity contribution in [3.63, 3.8) is 0 Å². The van der Waals surface area contributed by atoms with E-state index in [9.17, 15) is 25.2 Å². The van der Waals surface area contributed by atoms with Crippen LogP contribution in [0.5, 0.6) is 0 Å². The van der Waals surface area contributed by atoms with Crippen LogP contribution in [0.3, 0.4) is 0 Å². The molecule has 1 fully saturated rings. The maximum atomic E-state index is 10.9. The molecule has 1 aliphatic rings. The number of aliphatic carboxylic acids is 1. The first-order chi connectivity index (χ1) is 8.23. The van der Waals surface area contributed by atoms with Crippen LogP contribution in [0.1, 0.15) is 13.3 Å². The minimum Gasteiger partial charge on any atom is -0.477 e. The number of ether oxygens (including phenoxy) is 1. The van der Waals surface area contributed by atoms with Crippen molar-refractivity contribution < 1.29 is 40.2 Å². The number of carboxylic acid groups (broad SMARTS) is 1. The molecule has 0 spiro atoms. The second-order valence-corrected chi connectivity index (χ2v) is 4.54. The lowest BCUT2D eigenvalue weighted by atomic mass is 9.85. The molecular weight excluding hydrogens is 248 g/mol. The van der Waals surface area contributed by atoms with E-state index < -0.39 is 55.1 Å². The van der Waals surface area contributed by atoms with Crippen molar-refractivity contribution in [1.82, 2.24) is 0 Å². The standard InChI is InChI=1S/C10H18O8/c1-4-5(12)2-10(17,9(15)16)18-8(4)7(14)6(13)3-11/h4-8,11-14,17H,2-3H2,1H3,(H,15,16)/t4-,5+,6-,7-,8-,10+/m1/s1. The molecule has 0 saturated carbocycles. The Morgan fingerprint density at radius 1 is 1.50 bits per heavy atom. The van der Waals surface area contributed by atoms with Gasteiger partial charge in [0, 0.05) is 12.3 Å². The van der Waals surface area contributed by atoms with Crippen LogP contribution in [0.4, 0.5) is 0 Å². The first-order valence-electron chi connectivity index (χ1n) is 5.51. The Balaban J connectivity index is 2.92. The molecule has 0 aliphatic carbocycles. The number of hydrogen-bond donors (Lipinski definition) is 6. The van der Waals surface area contributed by atoms with Gasteiger partial charge in [0.05, 0.1) is 18.8 Å². The predicted octanol–water partition coefficient (Wildman–Crippen LogP) is -2.74. The largest absolute Gasteiger partial charge is 0.477 e. The van der Waals surface area contributed by atoms with Crippen LogP contribution in [0, 0.1) is 5.92 Å². The number of rotatable bonds is 4. The normalized spacial score (nSPS) is 40.2. The number of aliphatic hydroxyl groups excluding tert-OH is 4. The molecule has 18 heavy (non-hydrogen) atoms. The van der Waals surface area contributed by atoms with Crippen LogP contribution in [0.2, 0.25) is 0 Å². The van der Waals surface area contributed by atoms with E-state index in [1.807, 2.05) is 0 Å². The highest BCUT2D eigenvalue weighted by atomic mass is 16.7. The summed E-state index contributed by atoms with van der Waals surface area (Å²) in [5, 5.41) is 55.9. The number of carbonyl (C=O) groups is 1. The van der Waals surface area contributed by atoms with E-state index in [0.717, 1.165) is 0 Å². The molecule has 0 aromatic rings. The summed E-state index contributed by atoms with van der Waals surface area (Å²) in [6, 6.07) is 0. The molecule has 0 amide bonds. The van der Waals surface area contributed by atoms with E-state index in [2.05, 4.69) is 0 Å². The fourth-order valence-electron chi connectivity index (χ4n) is 1.91. The van der Waals surface area contributed by atoms with Crippen LogP contribution in [-0.4, -0.2) is 73.4 Å². The van der Waals surface area contributed by atoms with Crippen molar-refractivity contribution in [2.75, 3.05) is 6.61 Å². The van der Waals surface area contributed by atoms with Crippen molar-refractivity contribution in [1.29, 1.82) is 0 Å². The Kier molecular flexibility index (Phi) is 4.65. The molecule has 1 rings (SSSR count). The van der Waals surface area contributed by atoms with Gasteiger partial charge in [-0.2, -0.15) is 0 Å². The second kappa shape index (κ2) is 5.47. The number of hydrogen-bond acceptors (Lipinski definition) is 7. The van der Waals surface area contributed by atoms with Gasteiger partial charge in [-0.3, -0.25) is 0 Å². The van der Waals surface area contributed by atoms with Gasteiger partial charge in [0.15, 0.2) is 0 Å². The third-order valence-electron chi connectivity index (χ3n) is 3.19. The Morgan fingerprint density at radius 2 is 2.06 bits per heavy atom. The topological polar surface area (TPSA) is 148 Å². The van der Waals surface area contributed by atoms with E-state index >= 15 is 0 Å². The molecule has 0 aromatic heterocycles. The summed E-state index contributed by atoms with van der Waals surface area (Å²) in [5.41, 5.74) is 0. The van der Waals surface area contributed by atoms with Crippen LogP contribution in [-0.2, 0) is 9.53 Å². The zero-order valence-corrected chi connectivity index (χ0v) is 9.80. The molecule has 8 heteroatoms. The molecule has 0 bridgehead atoms. The van der Waals surface area contributed by atoms with Gasteiger partial charge in [-0.25, -0.2) is 4.79 Å². The molecule has 1 heterocycles. The van der Waals surface area contributed by atoms with Crippen LogP contribution in [0.15, 0.2) is 0 Å². The van der Waals surface area contributed by atoms with Gasteiger partial charge in [-0.05, 0) is 0 Å². The molecule has 0 radical (unpaired) electrons. The average Bonchev–Trinajstić information content (AvgIpc) is 2.31. The summed E-state index contributed by atoms with van der Waals surface area (Å²) >= 11 is 0. The fraction of sp³-hybridized carbons (Fsp3) is 0.900. The molecule has 0 aromatic carbocycles. The third-order valence-corrected chi connectivity index (χ3v) is 3.19. The Bertz CT molecular complexity index is 308. The molecule has 6 atom stereocenters. The summed E-state index contributed by atoms with van der Waals surface area (Å²) < 4.78 is 4.88. The van der Waals surface area contributed by atoms with Gasteiger partial charge < -0.3 is 35.4 Å². The fourth-order valence-corrected chi connectivity index (χ4v) is 1.91. The zero-order chi connectivity index (χ0) is 14.1. The predicted molar refractivity (Wildman–Crippen MR) is 56.3 cm³/mol. The highest BCUT2D eigenvalue weighted by Crippen LogP contribution is 2.33. The van der Waals surface area contributed by atoms with E-state index in [1.165, 1.54) is 6.92 Å². The lowest BCUT2D eigenvalue weighted by Gasteiger charge is -2.43. The summed E-state index contributed by atoms with van der Waals surface area (Å²) in [6.45, 7) is 0.722. The second-order valence-electron chi connectivity index (χ2n) is 4.54. The molecule has 1 aliphatic heterocycles. The summed E-state index contributed by atoms with van der Waals surface area (Å²) in [5.74, 6) is -5.02. The number of carboxylic acids is 1. The molecular formula is C10H18O8. The van der Waals surface area contributed by atoms with Crippen LogP contribution in [0.25, 0.3) is 0 Å². The molecule has 0 unspecified atom stereocenters. The van der Waals surface area contributed by atoms with Gasteiger partial charge in [-0.1, -0.05) is 6.92 Å². The van der Waals surface area contributed by atoms with E-state index in [0.29, 0.717) is 0 Å². The van der Waals surface area contributed by atoms with Crippen molar-refractivity contribution >= 4 is 5.97 Å². The van der Waals surface area contributed by atoms with E-state index in [1.54, 1.807) is 0 Å². The van der Waals surface area contributed by atoms with Crippen LogP contribution < -0.4 is 0 Å². The monoisotopic (exact) mass is 266 g/mol. The van der Waals surface area contributed by atoms with Crippen molar-refractivity contribution in [2.45, 2.75) is 43.5 Å². The van der Waals surface area contributed by atoms with Crippen molar-refractivity contribution in [2.24, 2.45) is 5.92 Å². The van der Waals surface area contributed by atoms with Gasteiger partial charge in [-0.15, -0.1) is 0 Å². The quantitative estimate of drug-likeness (QED) is 0.321. The molecule has 8 nitrogen and oxygen atoms in total. The van der Waals surface area contributed by atoms with Gasteiger partial charge in [0.2, 0.25) is 0 Å². The van der Waals surface area contributed by atoms with Gasteiger partial charge >= 0.3 is 5.97 Å². The Hall–Kier alpha value is -0.770. The summed E-state index contributed by atoms with van der Waals surface area (Å²) in [6.07, 6.45) is -6.24. The Labute approximate surface area is 103 Å². The average molecular weight is 266 g/mol. The third kappa shape index (κ3) is 2.79. The highest BCUT2D eigenvalue weighted by Gasteiger charge is 2.51. The Morgan fingerprint density at radius 3 is 2.50 bits per heavy atom. The number of aliphatic hydroxyl groups is 5. The van der Waals surface area contributed by atoms with Gasteiger partial charge in [0.1, 0.15) is 12.2 Å². The first-order valence-corrected chi connectivity index (χ1v) is 5.51. The maximum absolute atomic E-state index is 10.9. The van der Waals surface area contributed by atoms with E-state index in [4.69, 9.17) is 14.9 Å². The SMILES string of the molecule is C[C@H]1[C@H]([C@H](O)[C@H](O)CO)O[C@](O)(C(=O)O)C[C@@H]1O. The van der Waals surface area contributed by atoms with Gasteiger partial charge in [0.25, 0.3) is 5.79 Å². The molecule has 1 saturated heterocycles. The van der Waals surface area contributed by atoms with Crippen molar-refractivity contribution in [3.8, 4) is 0 Å². The summed E-state index contributed by atoms with van der Waals surface area (Å²) in [7, 11) is 0. The smallest absolute Gasteiger partial charge is 0.364 e. The summed E-state index contributed by atoms with van der Waals surface area (Å²) in [4.78, 5) is 10.9. The maximum Gasteiger partial charge on any atom is 0.364 e. The van der Waals surface area contributed by atoms with Crippen LogP contribution >= 0.6 is 0 Å². The highest BCUT2D eigenvalue weighted by molar-refractivity contribution is 5.75. The van der Waals surface area contributed by atoms with E-state index in [-0.39, 0.29) is 0 Å². The zero-order valence-electron chi connectivity index (χ0n) is 9.80. The minimum atomic E-state index is -2.62. The lowest BCUT2D eigenvalue weighted by molar-refractivity contribution is -0.302. The first kappa shape index (κ1) is 15.3. The van der Waals surface area contributed by atoms with Crippen molar-refractivity contribution in [3.05, 3.63) is 0 Å². The lowest BCUT2D eigenvalue weighted by Crippen LogP contribution is -2.60. The molecule has 6 N–H and O–H groups in total.